The van der Waals surface area contributed by atoms with Crippen LogP contribution in [0.5, 0.6) is 5.75 Å². The highest BCUT2D eigenvalue weighted by atomic mass is 79.9. The van der Waals surface area contributed by atoms with Crippen LogP contribution in [0.15, 0.2) is 40.9 Å². The van der Waals surface area contributed by atoms with E-state index in [0.717, 1.165) is 10.0 Å². The third kappa shape index (κ3) is 3.35. The average Bonchev–Trinajstić information content (AvgIpc) is 2.38. The van der Waals surface area contributed by atoms with E-state index >= 15 is 0 Å². The molecule has 0 heterocycles. The van der Waals surface area contributed by atoms with E-state index in [9.17, 15) is 0 Å². The van der Waals surface area contributed by atoms with Gasteiger partial charge in [-0.05, 0) is 54.9 Å². The van der Waals surface area contributed by atoms with Crippen molar-refractivity contribution in [3.05, 3.63) is 62.6 Å². The van der Waals surface area contributed by atoms with Crippen LogP contribution in [0.3, 0.4) is 0 Å². The van der Waals surface area contributed by atoms with Gasteiger partial charge in [-0.1, -0.05) is 39.7 Å². The Balaban J connectivity index is 2.44. The van der Waals surface area contributed by atoms with Crippen molar-refractivity contribution >= 4 is 27.5 Å². The van der Waals surface area contributed by atoms with Crippen molar-refractivity contribution in [3.63, 3.8) is 0 Å². The lowest BCUT2D eigenvalue weighted by Gasteiger charge is -2.19. The molecule has 0 radical (unpaired) electrons. The third-order valence-corrected chi connectivity index (χ3v) is 3.95. The molecule has 0 saturated heterocycles. The molecule has 2 rings (SSSR count). The summed E-state index contributed by atoms with van der Waals surface area (Å²) in [6.45, 7) is 2.09. The highest BCUT2D eigenvalue weighted by molar-refractivity contribution is 9.10. The largest absolute Gasteiger partial charge is 0.495 e. The summed E-state index contributed by atoms with van der Waals surface area (Å²) in [6.07, 6.45) is 0. The van der Waals surface area contributed by atoms with Crippen molar-refractivity contribution in [2.75, 3.05) is 14.2 Å². The Labute approximate surface area is 133 Å². The maximum atomic E-state index is 6.22. The zero-order valence-electron chi connectivity index (χ0n) is 11.7. The SMILES string of the molecule is CNC(c1cc(C)cc(Br)c1)c1ccc(OC)c(Cl)c1. The first-order valence-electron chi connectivity index (χ1n) is 6.33. The highest BCUT2D eigenvalue weighted by Gasteiger charge is 2.14. The Bertz CT molecular complexity index is 595. The van der Waals surface area contributed by atoms with Crippen molar-refractivity contribution in [1.82, 2.24) is 5.32 Å². The maximum absolute atomic E-state index is 6.22. The molecule has 0 bridgehead atoms. The summed E-state index contributed by atoms with van der Waals surface area (Å²) in [5.41, 5.74) is 3.52. The fraction of sp³-hybridized carbons (Fsp3) is 0.250. The molecule has 0 aliphatic rings. The quantitative estimate of drug-likeness (QED) is 0.857. The lowest BCUT2D eigenvalue weighted by Crippen LogP contribution is -2.17. The van der Waals surface area contributed by atoms with Gasteiger partial charge in [0.05, 0.1) is 18.2 Å². The molecule has 0 amide bonds. The number of halogens is 2. The van der Waals surface area contributed by atoms with Crippen LogP contribution in [-0.4, -0.2) is 14.2 Å². The number of ether oxygens (including phenoxy) is 1. The minimum atomic E-state index is 0.0922. The van der Waals surface area contributed by atoms with Gasteiger partial charge in [-0.2, -0.15) is 0 Å². The summed E-state index contributed by atoms with van der Waals surface area (Å²) in [5, 5.41) is 3.96. The number of hydrogen-bond donors (Lipinski definition) is 1. The van der Waals surface area contributed by atoms with Gasteiger partial charge >= 0.3 is 0 Å². The first-order valence-corrected chi connectivity index (χ1v) is 7.50. The zero-order valence-corrected chi connectivity index (χ0v) is 14.0. The summed E-state index contributed by atoms with van der Waals surface area (Å²) in [6, 6.07) is 12.3. The van der Waals surface area contributed by atoms with Gasteiger partial charge in [-0.15, -0.1) is 0 Å². The van der Waals surface area contributed by atoms with E-state index in [2.05, 4.69) is 46.4 Å². The molecule has 2 aromatic rings. The van der Waals surface area contributed by atoms with Crippen molar-refractivity contribution in [2.24, 2.45) is 0 Å². The summed E-state index contributed by atoms with van der Waals surface area (Å²) in [7, 11) is 3.56. The maximum Gasteiger partial charge on any atom is 0.137 e. The number of nitrogens with one attached hydrogen (secondary N) is 1. The standard InChI is InChI=1S/C16H17BrClNO/c1-10-6-12(8-13(17)7-10)16(19-2)11-4-5-15(20-3)14(18)9-11/h4-9,16,19H,1-3H3. The molecule has 0 spiro atoms. The van der Waals surface area contributed by atoms with E-state index in [1.807, 2.05) is 25.2 Å². The predicted molar refractivity (Wildman–Crippen MR) is 87.8 cm³/mol. The molecule has 0 aliphatic heterocycles. The fourth-order valence-electron chi connectivity index (χ4n) is 2.32. The fourth-order valence-corrected chi connectivity index (χ4v) is 3.21. The molecule has 1 unspecified atom stereocenters. The van der Waals surface area contributed by atoms with Crippen LogP contribution < -0.4 is 10.1 Å². The van der Waals surface area contributed by atoms with Crippen LogP contribution in [0, 0.1) is 6.92 Å². The molecule has 1 N–H and O–H groups in total. The second-order valence-electron chi connectivity index (χ2n) is 4.68. The molecule has 0 aliphatic carbocycles. The summed E-state index contributed by atoms with van der Waals surface area (Å²) in [5.74, 6) is 0.690. The summed E-state index contributed by atoms with van der Waals surface area (Å²) < 4.78 is 6.27. The van der Waals surface area contributed by atoms with E-state index in [1.54, 1.807) is 7.11 Å². The smallest absolute Gasteiger partial charge is 0.137 e. The zero-order chi connectivity index (χ0) is 14.7. The first kappa shape index (κ1) is 15.4. The van der Waals surface area contributed by atoms with Gasteiger partial charge in [0.15, 0.2) is 0 Å². The van der Waals surface area contributed by atoms with Crippen LogP contribution >= 0.6 is 27.5 Å². The molecule has 2 nitrogen and oxygen atoms in total. The van der Waals surface area contributed by atoms with Crippen LogP contribution in [-0.2, 0) is 0 Å². The monoisotopic (exact) mass is 353 g/mol. The van der Waals surface area contributed by atoms with Gasteiger partial charge in [-0.25, -0.2) is 0 Å². The van der Waals surface area contributed by atoms with Gasteiger partial charge in [-0.3, -0.25) is 0 Å². The van der Waals surface area contributed by atoms with E-state index in [-0.39, 0.29) is 6.04 Å². The molecule has 4 heteroatoms. The lowest BCUT2D eigenvalue weighted by atomic mass is 9.97. The van der Waals surface area contributed by atoms with E-state index in [4.69, 9.17) is 16.3 Å². The number of methoxy groups -OCH3 is 1. The first-order chi connectivity index (χ1) is 9.55. The van der Waals surface area contributed by atoms with Crippen molar-refractivity contribution in [1.29, 1.82) is 0 Å². The van der Waals surface area contributed by atoms with E-state index in [1.165, 1.54) is 11.1 Å². The average molecular weight is 355 g/mol. The normalized spacial score (nSPS) is 12.2. The molecule has 106 valence electrons. The molecule has 0 saturated carbocycles. The Morgan fingerprint density at radius 1 is 1.15 bits per heavy atom. The Hall–Kier alpha value is -1.03. The van der Waals surface area contributed by atoms with Crippen LogP contribution in [0.2, 0.25) is 5.02 Å². The van der Waals surface area contributed by atoms with Crippen LogP contribution in [0.1, 0.15) is 22.7 Å². The molecule has 0 fully saturated rings. The molecule has 1 atom stereocenters. The Morgan fingerprint density at radius 2 is 1.90 bits per heavy atom. The van der Waals surface area contributed by atoms with Crippen molar-refractivity contribution in [3.8, 4) is 5.75 Å². The summed E-state index contributed by atoms with van der Waals surface area (Å²) >= 11 is 9.76. The van der Waals surface area contributed by atoms with Crippen LogP contribution in [0.4, 0.5) is 0 Å². The van der Waals surface area contributed by atoms with Gasteiger partial charge in [0.1, 0.15) is 5.75 Å². The second-order valence-corrected chi connectivity index (χ2v) is 6.00. The van der Waals surface area contributed by atoms with E-state index in [0.29, 0.717) is 10.8 Å². The Kier molecular flexibility index (Phi) is 5.08. The Morgan fingerprint density at radius 3 is 2.45 bits per heavy atom. The highest BCUT2D eigenvalue weighted by Crippen LogP contribution is 2.31. The molecule has 0 aromatic heterocycles. The number of hydrogen-bond acceptors (Lipinski definition) is 2. The van der Waals surface area contributed by atoms with E-state index < -0.39 is 0 Å². The van der Waals surface area contributed by atoms with Crippen molar-refractivity contribution < 1.29 is 4.74 Å². The van der Waals surface area contributed by atoms with Crippen LogP contribution in [0.25, 0.3) is 0 Å². The number of aryl methyl sites for hydroxylation is 1. The van der Waals surface area contributed by atoms with Gasteiger partial charge in [0.25, 0.3) is 0 Å². The summed E-state index contributed by atoms with van der Waals surface area (Å²) in [4.78, 5) is 0. The van der Waals surface area contributed by atoms with Gasteiger partial charge < -0.3 is 10.1 Å². The molecular weight excluding hydrogens is 338 g/mol. The lowest BCUT2D eigenvalue weighted by molar-refractivity contribution is 0.414. The van der Waals surface area contributed by atoms with Gasteiger partial charge in [0, 0.05) is 4.47 Å². The number of rotatable bonds is 4. The third-order valence-electron chi connectivity index (χ3n) is 3.20. The molecule has 20 heavy (non-hydrogen) atoms. The number of benzene rings is 2. The van der Waals surface area contributed by atoms with Gasteiger partial charge in [0.2, 0.25) is 0 Å². The minimum Gasteiger partial charge on any atom is -0.495 e. The minimum absolute atomic E-state index is 0.0922. The predicted octanol–water partition coefficient (Wildman–Crippen LogP) is 4.73. The topological polar surface area (TPSA) is 21.3 Å². The van der Waals surface area contributed by atoms with Crippen molar-refractivity contribution in [2.45, 2.75) is 13.0 Å². The second kappa shape index (κ2) is 6.61. The molecule has 2 aromatic carbocycles. The molecular formula is C16H17BrClNO.